The second kappa shape index (κ2) is 7.44. The van der Waals surface area contributed by atoms with Gasteiger partial charge in [0.25, 0.3) is 0 Å². The fraction of sp³-hybridized carbons (Fsp3) is 0.333. The van der Waals surface area contributed by atoms with Crippen molar-refractivity contribution in [1.82, 2.24) is 9.47 Å². The first-order valence-corrected chi connectivity index (χ1v) is 6.51. The average Bonchev–Trinajstić information content (AvgIpc) is 2.42. The first kappa shape index (κ1) is 16.7. The Morgan fingerprint density at radius 1 is 1.43 bits per heavy atom. The van der Waals surface area contributed by atoms with Crippen LogP contribution in [0.2, 0.25) is 0 Å². The molecule has 0 saturated heterocycles. The van der Waals surface area contributed by atoms with Crippen LogP contribution in [0.5, 0.6) is 5.75 Å². The molecule has 0 radical (unpaired) electrons. The molecule has 0 bridgehead atoms. The zero-order valence-corrected chi connectivity index (χ0v) is 12.0. The number of carboxylic acids is 1. The summed E-state index contributed by atoms with van der Waals surface area (Å²) in [6.45, 7) is 10.3. The molecular weight excluding hydrogens is 272 g/mol. The van der Waals surface area contributed by atoms with Gasteiger partial charge in [0.05, 0.1) is 6.20 Å². The second-order valence-corrected chi connectivity index (χ2v) is 4.71. The highest BCUT2D eigenvalue weighted by molar-refractivity contribution is 5.71. The van der Waals surface area contributed by atoms with Gasteiger partial charge in [-0.05, 0) is 6.92 Å². The average molecular weight is 292 g/mol. The number of aromatic nitrogens is 1. The van der Waals surface area contributed by atoms with Gasteiger partial charge in [-0.15, -0.1) is 13.2 Å². The summed E-state index contributed by atoms with van der Waals surface area (Å²) in [5, 5.41) is 18.7. The summed E-state index contributed by atoms with van der Waals surface area (Å²) in [4.78, 5) is 24.7. The molecule has 0 aliphatic rings. The molecule has 0 aliphatic carbocycles. The molecule has 1 heterocycles. The molecule has 0 aliphatic heterocycles. The van der Waals surface area contributed by atoms with E-state index in [0.29, 0.717) is 25.3 Å². The van der Waals surface area contributed by atoms with Crippen molar-refractivity contribution in [2.45, 2.75) is 19.5 Å². The normalized spacial score (nSPS) is 12.1. The van der Waals surface area contributed by atoms with Crippen LogP contribution in [0.15, 0.2) is 42.4 Å². The molecule has 0 spiro atoms. The third-order valence-corrected chi connectivity index (χ3v) is 3.08. The van der Waals surface area contributed by atoms with Gasteiger partial charge in [0.15, 0.2) is 5.75 Å². The Kier molecular flexibility index (Phi) is 5.92. The highest BCUT2D eigenvalue weighted by atomic mass is 16.4. The molecule has 0 saturated carbocycles. The van der Waals surface area contributed by atoms with E-state index in [1.807, 2.05) is 4.90 Å². The molecule has 2 N–H and O–H groups in total. The van der Waals surface area contributed by atoms with Crippen LogP contribution in [0.1, 0.15) is 18.7 Å². The van der Waals surface area contributed by atoms with Gasteiger partial charge >= 0.3 is 5.97 Å². The molecule has 6 heteroatoms. The van der Waals surface area contributed by atoms with Gasteiger partial charge in [-0.25, -0.2) is 4.79 Å². The van der Waals surface area contributed by atoms with Crippen LogP contribution in [0.25, 0.3) is 0 Å². The number of nitrogens with zero attached hydrogens (tertiary/aromatic N) is 2. The van der Waals surface area contributed by atoms with Crippen molar-refractivity contribution in [2.24, 2.45) is 0 Å². The monoisotopic (exact) mass is 292 g/mol. The van der Waals surface area contributed by atoms with Crippen molar-refractivity contribution in [3.05, 3.63) is 53.5 Å². The fourth-order valence-corrected chi connectivity index (χ4v) is 1.98. The smallest absolute Gasteiger partial charge is 0.326 e. The number of hydrogen-bond acceptors (Lipinski definition) is 4. The maximum absolute atomic E-state index is 11.6. The van der Waals surface area contributed by atoms with Gasteiger partial charge in [0.2, 0.25) is 5.43 Å². The quantitative estimate of drug-likeness (QED) is 0.707. The van der Waals surface area contributed by atoms with Crippen LogP contribution in [0.3, 0.4) is 0 Å². The highest BCUT2D eigenvalue weighted by Gasteiger charge is 2.18. The van der Waals surface area contributed by atoms with Crippen LogP contribution in [-0.2, 0) is 11.3 Å². The molecule has 1 rings (SSSR count). The Balaban J connectivity index is 3.22. The Hall–Kier alpha value is -2.34. The lowest BCUT2D eigenvalue weighted by Gasteiger charge is -2.23. The zero-order chi connectivity index (χ0) is 16.0. The second-order valence-electron chi connectivity index (χ2n) is 4.71. The predicted octanol–water partition coefficient (Wildman–Crippen LogP) is 1.37. The van der Waals surface area contributed by atoms with E-state index in [1.165, 1.54) is 17.6 Å². The van der Waals surface area contributed by atoms with E-state index in [-0.39, 0.29) is 0 Å². The highest BCUT2D eigenvalue weighted by Crippen LogP contribution is 2.15. The lowest BCUT2D eigenvalue weighted by molar-refractivity contribution is -0.140. The van der Waals surface area contributed by atoms with Gasteiger partial charge in [-0.3, -0.25) is 9.69 Å². The van der Waals surface area contributed by atoms with E-state index >= 15 is 0 Å². The number of hydrogen-bond donors (Lipinski definition) is 2. The predicted molar refractivity (Wildman–Crippen MR) is 80.4 cm³/mol. The van der Waals surface area contributed by atoms with Crippen molar-refractivity contribution in [3.63, 3.8) is 0 Å². The van der Waals surface area contributed by atoms with Crippen LogP contribution in [0.4, 0.5) is 0 Å². The molecule has 6 nitrogen and oxygen atoms in total. The summed E-state index contributed by atoms with van der Waals surface area (Å²) in [5.74, 6) is -1.51. The summed E-state index contributed by atoms with van der Waals surface area (Å²) in [5.41, 5.74) is -0.0209. The Bertz CT molecular complexity index is 582. The lowest BCUT2D eigenvalue weighted by atomic mass is 10.2. The van der Waals surface area contributed by atoms with Crippen molar-refractivity contribution in [2.75, 3.05) is 13.1 Å². The molecule has 21 heavy (non-hydrogen) atoms. The Labute approximate surface area is 123 Å². The van der Waals surface area contributed by atoms with Gasteiger partial charge in [-0.2, -0.15) is 0 Å². The molecule has 0 fully saturated rings. The van der Waals surface area contributed by atoms with Crippen LogP contribution in [-0.4, -0.2) is 38.7 Å². The maximum atomic E-state index is 11.6. The van der Waals surface area contributed by atoms with E-state index in [4.69, 9.17) is 5.11 Å². The Morgan fingerprint density at radius 2 is 2.00 bits per heavy atom. The number of carboxylic acid groups (broad SMARTS) is 1. The van der Waals surface area contributed by atoms with Crippen LogP contribution >= 0.6 is 0 Å². The van der Waals surface area contributed by atoms with Gasteiger partial charge in [-0.1, -0.05) is 12.2 Å². The lowest BCUT2D eigenvalue weighted by Crippen LogP contribution is -2.28. The van der Waals surface area contributed by atoms with Crippen LogP contribution in [0, 0.1) is 0 Å². The standard InChI is InChI=1S/C15H20N2O4/c1-4-6-16(7-5-2)9-12-8-13(18)14(19)10-17(12)11(3)15(20)21/h4-5,8,10-11,19H,1-2,6-7,9H2,3H3,(H,20,21). The van der Waals surface area contributed by atoms with Crippen molar-refractivity contribution >= 4 is 5.97 Å². The number of carbonyl (C=O) groups is 1. The van der Waals surface area contributed by atoms with E-state index in [1.54, 1.807) is 12.2 Å². The minimum atomic E-state index is -1.04. The summed E-state index contributed by atoms with van der Waals surface area (Å²) in [7, 11) is 0. The molecule has 1 atom stereocenters. The minimum absolute atomic E-state index is 0.352. The van der Waals surface area contributed by atoms with Crippen molar-refractivity contribution in [3.8, 4) is 5.75 Å². The number of rotatable bonds is 8. The van der Waals surface area contributed by atoms with E-state index in [0.717, 1.165) is 6.20 Å². The fourth-order valence-electron chi connectivity index (χ4n) is 1.98. The maximum Gasteiger partial charge on any atom is 0.326 e. The Morgan fingerprint density at radius 3 is 2.48 bits per heavy atom. The van der Waals surface area contributed by atoms with E-state index in [2.05, 4.69) is 13.2 Å². The topological polar surface area (TPSA) is 82.8 Å². The van der Waals surface area contributed by atoms with Gasteiger partial charge < -0.3 is 14.8 Å². The van der Waals surface area contributed by atoms with Crippen LogP contribution < -0.4 is 5.43 Å². The van der Waals surface area contributed by atoms with Gasteiger partial charge in [0, 0.05) is 31.4 Å². The third-order valence-electron chi connectivity index (χ3n) is 3.08. The number of aliphatic carboxylic acids is 1. The molecule has 0 amide bonds. The third kappa shape index (κ3) is 4.32. The van der Waals surface area contributed by atoms with Crippen molar-refractivity contribution in [1.29, 1.82) is 0 Å². The summed E-state index contributed by atoms with van der Waals surface area (Å²) in [6.07, 6.45) is 4.59. The first-order chi connectivity index (χ1) is 9.90. The SMILES string of the molecule is C=CCN(CC=C)Cc1cc(=O)c(O)cn1C(C)C(=O)O. The summed E-state index contributed by atoms with van der Waals surface area (Å²) < 4.78 is 1.39. The zero-order valence-electron chi connectivity index (χ0n) is 12.0. The molecule has 1 aromatic heterocycles. The van der Waals surface area contributed by atoms with E-state index in [9.17, 15) is 14.7 Å². The molecule has 1 unspecified atom stereocenters. The first-order valence-electron chi connectivity index (χ1n) is 6.51. The summed E-state index contributed by atoms with van der Waals surface area (Å²) in [6, 6.07) is 0.370. The van der Waals surface area contributed by atoms with Crippen molar-refractivity contribution < 1.29 is 15.0 Å². The molecule has 114 valence electrons. The number of pyridine rings is 1. The molecule has 1 aromatic rings. The summed E-state index contributed by atoms with van der Waals surface area (Å²) >= 11 is 0. The van der Waals surface area contributed by atoms with Gasteiger partial charge in [0.1, 0.15) is 6.04 Å². The van der Waals surface area contributed by atoms with E-state index < -0.39 is 23.2 Å². The molecular formula is C15H20N2O4. The minimum Gasteiger partial charge on any atom is -0.503 e. The molecule has 0 aromatic carbocycles. The number of aromatic hydroxyl groups is 1. The largest absolute Gasteiger partial charge is 0.503 e.